The summed E-state index contributed by atoms with van der Waals surface area (Å²) in [6.45, 7) is 0.636. The summed E-state index contributed by atoms with van der Waals surface area (Å²) >= 11 is 0. The number of nitrogens with two attached hydrogens (primary N) is 1. The van der Waals surface area contributed by atoms with Gasteiger partial charge in [-0.1, -0.05) is 0 Å². The van der Waals surface area contributed by atoms with Crippen molar-refractivity contribution in [1.82, 2.24) is 4.98 Å². The first kappa shape index (κ1) is 13.4. The van der Waals surface area contributed by atoms with Crippen LogP contribution in [0.2, 0.25) is 0 Å². The van der Waals surface area contributed by atoms with Crippen LogP contribution in [0, 0.1) is 0 Å². The van der Waals surface area contributed by atoms with Gasteiger partial charge in [0.2, 0.25) is 0 Å². The largest absolute Gasteiger partial charge is 0.415 e. The molecule has 2 aromatic rings. The van der Waals surface area contributed by atoms with Crippen molar-refractivity contribution in [2.45, 2.75) is 18.6 Å². The van der Waals surface area contributed by atoms with Crippen molar-refractivity contribution in [2.24, 2.45) is 5.73 Å². The van der Waals surface area contributed by atoms with E-state index in [1.54, 1.807) is 24.4 Å². The lowest BCUT2D eigenvalue weighted by atomic mass is 10.0. The Hall–Kier alpha value is -2.02. The van der Waals surface area contributed by atoms with E-state index in [2.05, 4.69) is 10.3 Å². The van der Waals surface area contributed by atoms with Crippen molar-refractivity contribution < 1.29 is 18.0 Å². The van der Waals surface area contributed by atoms with Crippen molar-refractivity contribution in [1.29, 1.82) is 0 Å². The Morgan fingerprint density at radius 3 is 2.63 bits per heavy atom. The van der Waals surface area contributed by atoms with Crippen LogP contribution < -0.4 is 11.1 Å². The minimum Gasteiger partial charge on any atom is -0.361 e. The van der Waals surface area contributed by atoms with E-state index in [-0.39, 0.29) is 5.69 Å². The fourth-order valence-corrected chi connectivity index (χ4v) is 1.52. The quantitative estimate of drug-likeness (QED) is 0.784. The van der Waals surface area contributed by atoms with Crippen LogP contribution in [0.25, 0.3) is 10.9 Å². The number of carbonyl (C=O) groups excluding carboxylic acids is 1. The Morgan fingerprint density at radius 2 is 2.00 bits per heavy atom. The predicted molar refractivity (Wildman–Crippen MR) is 65.6 cm³/mol. The van der Waals surface area contributed by atoms with Crippen molar-refractivity contribution in [3.63, 3.8) is 0 Å². The number of hydrogen-bond acceptors (Lipinski definition) is 2. The summed E-state index contributed by atoms with van der Waals surface area (Å²) in [6.07, 6.45) is -3.12. The van der Waals surface area contributed by atoms with Crippen LogP contribution in [0.5, 0.6) is 0 Å². The second-order valence-corrected chi connectivity index (χ2v) is 4.43. The number of amides is 1. The van der Waals surface area contributed by atoms with Gasteiger partial charge >= 0.3 is 6.18 Å². The number of fused-ring (bicyclic) bond motifs is 1. The molecule has 0 fully saturated rings. The standard InChI is InChI=1S/C12H12F3N3O/c1-11(16,12(13,14)15)10(19)18-8-2-3-9-7(6-8)4-5-17-9/h2-6,17H,16H2,1H3,(H,18,19). The van der Waals surface area contributed by atoms with E-state index in [0.29, 0.717) is 6.92 Å². The van der Waals surface area contributed by atoms with E-state index in [4.69, 9.17) is 5.73 Å². The summed E-state index contributed by atoms with van der Waals surface area (Å²) < 4.78 is 37.8. The smallest absolute Gasteiger partial charge is 0.361 e. The van der Waals surface area contributed by atoms with E-state index >= 15 is 0 Å². The number of aromatic amines is 1. The number of alkyl halides is 3. The van der Waals surface area contributed by atoms with E-state index < -0.39 is 17.6 Å². The normalized spacial score (nSPS) is 15.2. The highest BCUT2D eigenvalue weighted by Crippen LogP contribution is 2.29. The molecule has 0 saturated heterocycles. The van der Waals surface area contributed by atoms with Crippen LogP contribution in [0.4, 0.5) is 18.9 Å². The molecule has 0 saturated carbocycles. The summed E-state index contributed by atoms with van der Waals surface area (Å²) in [5.41, 5.74) is 3.19. The SMILES string of the molecule is CC(N)(C(=O)Nc1ccc2[nH]ccc2c1)C(F)(F)F. The Balaban J connectivity index is 2.23. The second-order valence-electron chi connectivity index (χ2n) is 4.43. The summed E-state index contributed by atoms with van der Waals surface area (Å²) in [6, 6.07) is 6.47. The molecule has 1 aromatic heterocycles. The van der Waals surface area contributed by atoms with Gasteiger partial charge in [-0.25, -0.2) is 0 Å². The van der Waals surface area contributed by atoms with Crippen molar-refractivity contribution in [2.75, 3.05) is 5.32 Å². The Morgan fingerprint density at radius 1 is 1.32 bits per heavy atom. The van der Waals surface area contributed by atoms with Crippen LogP contribution in [-0.2, 0) is 4.79 Å². The molecule has 7 heteroatoms. The van der Waals surface area contributed by atoms with Gasteiger partial charge in [-0.15, -0.1) is 0 Å². The van der Waals surface area contributed by atoms with Crippen LogP contribution in [0.1, 0.15) is 6.92 Å². The minimum atomic E-state index is -4.81. The fourth-order valence-electron chi connectivity index (χ4n) is 1.52. The molecule has 4 nitrogen and oxygen atoms in total. The number of halogens is 3. The maximum absolute atomic E-state index is 12.6. The third-order valence-electron chi connectivity index (χ3n) is 2.87. The van der Waals surface area contributed by atoms with Crippen molar-refractivity contribution >= 4 is 22.5 Å². The van der Waals surface area contributed by atoms with Gasteiger partial charge in [0.05, 0.1) is 0 Å². The summed E-state index contributed by atoms with van der Waals surface area (Å²) in [4.78, 5) is 14.5. The summed E-state index contributed by atoms with van der Waals surface area (Å²) in [7, 11) is 0. The molecule has 1 aromatic carbocycles. The molecule has 0 bridgehead atoms. The Bertz CT molecular complexity index is 616. The molecule has 1 unspecified atom stereocenters. The lowest BCUT2D eigenvalue weighted by molar-refractivity contribution is -0.184. The number of benzene rings is 1. The average molecular weight is 271 g/mol. The molecule has 0 aliphatic carbocycles. The number of rotatable bonds is 2. The molecule has 0 radical (unpaired) electrons. The maximum Gasteiger partial charge on any atom is 0.415 e. The highest BCUT2D eigenvalue weighted by atomic mass is 19.4. The zero-order valence-electron chi connectivity index (χ0n) is 10.0. The third kappa shape index (κ3) is 2.41. The van der Waals surface area contributed by atoms with E-state index in [1.807, 2.05) is 0 Å². The monoisotopic (exact) mass is 271 g/mol. The van der Waals surface area contributed by atoms with Gasteiger partial charge in [-0.3, -0.25) is 4.79 Å². The third-order valence-corrected chi connectivity index (χ3v) is 2.87. The summed E-state index contributed by atoms with van der Waals surface area (Å²) in [5, 5.41) is 2.95. The number of aromatic nitrogens is 1. The second kappa shape index (κ2) is 4.27. The predicted octanol–water partition coefficient (Wildman–Crippen LogP) is 2.39. The molecule has 0 spiro atoms. The number of anilines is 1. The zero-order chi connectivity index (χ0) is 14.3. The molecule has 4 N–H and O–H groups in total. The summed E-state index contributed by atoms with van der Waals surface area (Å²) in [5.74, 6) is -1.30. The topological polar surface area (TPSA) is 70.9 Å². The van der Waals surface area contributed by atoms with E-state index in [9.17, 15) is 18.0 Å². The molecule has 19 heavy (non-hydrogen) atoms. The van der Waals surface area contributed by atoms with E-state index in [0.717, 1.165) is 10.9 Å². The highest BCUT2D eigenvalue weighted by molar-refractivity contribution is 5.99. The molecule has 0 aliphatic heterocycles. The molecule has 2 rings (SSSR count). The first-order valence-electron chi connectivity index (χ1n) is 5.46. The molecule has 1 heterocycles. The number of H-pyrrole nitrogens is 1. The minimum absolute atomic E-state index is 0.262. The number of carbonyl (C=O) groups is 1. The van der Waals surface area contributed by atoms with Crippen molar-refractivity contribution in [3.8, 4) is 0 Å². The first-order valence-corrected chi connectivity index (χ1v) is 5.46. The van der Waals surface area contributed by atoms with Crippen LogP contribution in [0.15, 0.2) is 30.5 Å². The fraction of sp³-hybridized carbons (Fsp3) is 0.250. The lowest BCUT2D eigenvalue weighted by Crippen LogP contribution is -2.59. The van der Waals surface area contributed by atoms with Gasteiger partial charge in [0, 0.05) is 22.8 Å². The average Bonchev–Trinajstić information content (AvgIpc) is 2.74. The number of hydrogen-bond donors (Lipinski definition) is 3. The van der Waals surface area contributed by atoms with Gasteiger partial charge in [-0.05, 0) is 31.2 Å². The van der Waals surface area contributed by atoms with Gasteiger partial charge < -0.3 is 16.0 Å². The molecule has 102 valence electrons. The van der Waals surface area contributed by atoms with Gasteiger partial charge in [0.15, 0.2) is 5.54 Å². The highest BCUT2D eigenvalue weighted by Gasteiger charge is 2.53. The lowest BCUT2D eigenvalue weighted by Gasteiger charge is -2.26. The van der Waals surface area contributed by atoms with Crippen LogP contribution in [0.3, 0.4) is 0 Å². The van der Waals surface area contributed by atoms with Crippen LogP contribution in [-0.4, -0.2) is 22.6 Å². The first-order chi connectivity index (χ1) is 8.72. The molecule has 1 amide bonds. The van der Waals surface area contributed by atoms with Gasteiger partial charge in [-0.2, -0.15) is 13.2 Å². The Kier molecular flexibility index (Phi) is 3.01. The van der Waals surface area contributed by atoms with Crippen molar-refractivity contribution in [3.05, 3.63) is 30.5 Å². The molecular weight excluding hydrogens is 259 g/mol. The molecular formula is C12H12F3N3O. The molecule has 1 atom stereocenters. The van der Waals surface area contributed by atoms with Gasteiger partial charge in [0.1, 0.15) is 0 Å². The van der Waals surface area contributed by atoms with Gasteiger partial charge in [0.25, 0.3) is 5.91 Å². The molecule has 0 aliphatic rings. The van der Waals surface area contributed by atoms with Crippen LogP contribution >= 0.6 is 0 Å². The van der Waals surface area contributed by atoms with E-state index in [1.165, 1.54) is 6.07 Å². The maximum atomic E-state index is 12.6. The number of nitrogens with one attached hydrogen (secondary N) is 2. The zero-order valence-corrected chi connectivity index (χ0v) is 10.0. The Labute approximate surface area is 106 Å².